The van der Waals surface area contributed by atoms with Gasteiger partial charge >= 0.3 is 6.18 Å². The Bertz CT molecular complexity index is 836. The third-order valence-corrected chi connectivity index (χ3v) is 5.33. The minimum absolute atomic E-state index is 0.0176. The Hall–Kier alpha value is -2.07. The molecule has 2 aromatic rings. The van der Waals surface area contributed by atoms with Crippen LogP contribution in [0.4, 0.5) is 24.0 Å². The number of fused-ring (bicyclic) bond motifs is 1. The molecular formula is C15H12F3N3O2S2. The number of nitrogens with one attached hydrogen (secondary N) is 1. The van der Waals surface area contributed by atoms with Gasteiger partial charge in [0.2, 0.25) is 5.91 Å². The number of carbonyl (C=O) groups is 2. The topological polar surface area (TPSA) is 62.3 Å². The van der Waals surface area contributed by atoms with E-state index in [9.17, 15) is 22.8 Å². The van der Waals surface area contributed by atoms with E-state index in [1.165, 1.54) is 23.9 Å². The van der Waals surface area contributed by atoms with Crippen molar-refractivity contribution >= 4 is 45.7 Å². The van der Waals surface area contributed by atoms with Crippen LogP contribution >= 0.6 is 23.1 Å². The van der Waals surface area contributed by atoms with Crippen LogP contribution in [0.1, 0.15) is 16.1 Å². The first kappa shape index (κ1) is 17.7. The molecule has 1 aliphatic heterocycles. The molecule has 0 saturated carbocycles. The number of thiazole rings is 1. The molecule has 0 bridgehead atoms. The summed E-state index contributed by atoms with van der Waals surface area (Å²) in [4.78, 5) is 29.5. The van der Waals surface area contributed by atoms with Gasteiger partial charge in [-0.3, -0.25) is 14.5 Å². The van der Waals surface area contributed by atoms with Crippen LogP contribution in [-0.2, 0) is 4.79 Å². The molecule has 0 saturated heterocycles. The van der Waals surface area contributed by atoms with Gasteiger partial charge in [0.05, 0.1) is 17.1 Å². The molecule has 2 amide bonds. The zero-order chi connectivity index (χ0) is 18.2. The molecule has 10 heteroatoms. The Morgan fingerprint density at radius 3 is 2.80 bits per heavy atom. The summed E-state index contributed by atoms with van der Waals surface area (Å²) in [6.45, 7) is 0.207. The Morgan fingerprint density at radius 1 is 1.40 bits per heavy atom. The van der Waals surface area contributed by atoms with Crippen LogP contribution in [0, 0.1) is 6.92 Å². The summed E-state index contributed by atoms with van der Waals surface area (Å²) in [5, 5.41) is 4.18. The van der Waals surface area contributed by atoms with E-state index in [1.807, 2.05) is 0 Å². The highest BCUT2D eigenvalue weighted by Crippen LogP contribution is 2.33. The van der Waals surface area contributed by atoms with E-state index in [0.717, 1.165) is 16.2 Å². The SMILES string of the molecule is Cc1csc(N(CC(F)(F)F)C(=O)c2ccc3c(c2)NC(=O)CS3)n1. The van der Waals surface area contributed by atoms with Crippen molar-refractivity contribution in [1.29, 1.82) is 0 Å². The van der Waals surface area contributed by atoms with E-state index in [4.69, 9.17) is 0 Å². The molecule has 3 rings (SSSR count). The van der Waals surface area contributed by atoms with Crippen LogP contribution in [0.25, 0.3) is 0 Å². The van der Waals surface area contributed by atoms with Crippen molar-refractivity contribution < 1.29 is 22.8 Å². The summed E-state index contributed by atoms with van der Waals surface area (Å²) in [7, 11) is 0. The van der Waals surface area contributed by atoms with Gasteiger partial charge in [0.25, 0.3) is 5.91 Å². The van der Waals surface area contributed by atoms with Crippen molar-refractivity contribution in [3.63, 3.8) is 0 Å². The molecule has 0 spiro atoms. The summed E-state index contributed by atoms with van der Waals surface area (Å²) in [5.41, 5.74) is 1.02. The molecule has 0 unspecified atom stereocenters. The van der Waals surface area contributed by atoms with E-state index in [-0.39, 0.29) is 22.4 Å². The molecule has 0 fully saturated rings. The zero-order valence-electron chi connectivity index (χ0n) is 12.9. The lowest BCUT2D eigenvalue weighted by atomic mass is 10.1. The molecule has 1 aromatic heterocycles. The molecular weight excluding hydrogens is 375 g/mol. The number of aromatic nitrogens is 1. The highest BCUT2D eigenvalue weighted by Gasteiger charge is 2.35. The maximum atomic E-state index is 12.9. The van der Waals surface area contributed by atoms with Crippen molar-refractivity contribution in [2.75, 3.05) is 22.5 Å². The second-order valence-electron chi connectivity index (χ2n) is 5.33. The van der Waals surface area contributed by atoms with E-state index in [2.05, 4.69) is 10.3 Å². The van der Waals surface area contributed by atoms with Gasteiger partial charge < -0.3 is 5.32 Å². The normalized spacial score (nSPS) is 14.0. The van der Waals surface area contributed by atoms with E-state index < -0.39 is 18.6 Å². The lowest BCUT2D eigenvalue weighted by molar-refractivity contribution is -0.118. The highest BCUT2D eigenvalue weighted by molar-refractivity contribution is 8.00. The smallest absolute Gasteiger partial charge is 0.324 e. The standard InChI is InChI=1S/C15H12F3N3O2S2/c1-8-5-25-14(19-8)21(7-15(16,17)18)13(23)9-2-3-11-10(4-9)20-12(22)6-24-11/h2-5H,6-7H2,1H3,(H,20,22). The van der Waals surface area contributed by atoms with Crippen molar-refractivity contribution in [1.82, 2.24) is 4.98 Å². The number of anilines is 2. The van der Waals surface area contributed by atoms with E-state index >= 15 is 0 Å². The fourth-order valence-electron chi connectivity index (χ4n) is 2.24. The summed E-state index contributed by atoms with van der Waals surface area (Å²) >= 11 is 2.28. The van der Waals surface area contributed by atoms with E-state index in [1.54, 1.807) is 18.4 Å². The number of thioether (sulfide) groups is 1. The number of hydrogen-bond acceptors (Lipinski definition) is 5. The van der Waals surface area contributed by atoms with Gasteiger partial charge in [0, 0.05) is 15.8 Å². The predicted octanol–water partition coefficient (Wildman–Crippen LogP) is 3.70. The monoisotopic (exact) mass is 387 g/mol. The fraction of sp³-hybridized carbons (Fsp3) is 0.267. The molecule has 0 aliphatic carbocycles. The molecule has 0 atom stereocenters. The minimum Gasteiger partial charge on any atom is -0.324 e. The zero-order valence-corrected chi connectivity index (χ0v) is 14.5. The summed E-state index contributed by atoms with van der Waals surface area (Å²) < 4.78 is 38.8. The summed E-state index contributed by atoms with van der Waals surface area (Å²) in [6, 6.07) is 4.46. The van der Waals surface area contributed by atoms with Gasteiger partial charge in [-0.2, -0.15) is 13.2 Å². The lowest BCUT2D eigenvalue weighted by Gasteiger charge is -2.23. The van der Waals surface area contributed by atoms with Gasteiger partial charge in [0.1, 0.15) is 6.54 Å². The van der Waals surface area contributed by atoms with Crippen molar-refractivity contribution in [3.05, 3.63) is 34.8 Å². The van der Waals surface area contributed by atoms with Crippen LogP contribution in [0.2, 0.25) is 0 Å². The molecule has 0 radical (unpaired) electrons. The second-order valence-corrected chi connectivity index (χ2v) is 7.18. The first-order valence-electron chi connectivity index (χ1n) is 7.10. The van der Waals surface area contributed by atoms with Crippen LogP contribution < -0.4 is 10.2 Å². The predicted molar refractivity (Wildman–Crippen MR) is 90.4 cm³/mol. The molecule has 5 nitrogen and oxygen atoms in total. The van der Waals surface area contributed by atoms with Crippen LogP contribution in [-0.4, -0.2) is 35.3 Å². The molecule has 1 aliphatic rings. The number of rotatable bonds is 3. The third kappa shape index (κ3) is 4.13. The second kappa shape index (κ2) is 6.68. The lowest BCUT2D eigenvalue weighted by Crippen LogP contribution is -2.39. The molecule has 25 heavy (non-hydrogen) atoms. The van der Waals surface area contributed by atoms with Crippen molar-refractivity contribution in [2.24, 2.45) is 0 Å². The average molecular weight is 387 g/mol. The number of carbonyl (C=O) groups excluding carboxylic acids is 2. The van der Waals surface area contributed by atoms with Gasteiger partial charge in [-0.25, -0.2) is 4.98 Å². The van der Waals surface area contributed by atoms with Gasteiger partial charge in [-0.1, -0.05) is 0 Å². The first-order valence-corrected chi connectivity index (χ1v) is 8.97. The third-order valence-electron chi connectivity index (χ3n) is 3.28. The Morgan fingerprint density at radius 2 is 2.16 bits per heavy atom. The van der Waals surface area contributed by atoms with Gasteiger partial charge in [-0.15, -0.1) is 23.1 Å². The number of aryl methyl sites for hydroxylation is 1. The number of halogens is 3. The highest BCUT2D eigenvalue weighted by atomic mass is 32.2. The molecule has 1 N–H and O–H groups in total. The van der Waals surface area contributed by atoms with Crippen LogP contribution in [0.3, 0.4) is 0 Å². The molecule has 1 aromatic carbocycles. The molecule has 132 valence electrons. The average Bonchev–Trinajstić information content (AvgIpc) is 2.96. The fourth-order valence-corrected chi connectivity index (χ4v) is 3.83. The maximum absolute atomic E-state index is 12.9. The van der Waals surface area contributed by atoms with Crippen molar-refractivity contribution in [3.8, 4) is 0 Å². The number of benzene rings is 1. The molecule has 2 heterocycles. The first-order chi connectivity index (χ1) is 11.7. The summed E-state index contributed by atoms with van der Waals surface area (Å²) in [5.74, 6) is -0.775. The quantitative estimate of drug-likeness (QED) is 0.872. The maximum Gasteiger partial charge on any atom is 0.406 e. The van der Waals surface area contributed by atoms with Crippen molar-refractivity contribution in [2.45, 2.75) is 18.0 Å². The summed E-state index contributed by atoms with van der Waals surface area (Å²) in [6.07, 6.45) is -4.56. The number of nitrogens with zero attached hydrogens (tertiary/aromatic N) is 2. The minimum atomic E-state index is -4.56. The Balaban J connectivity index is 1.94. The largest absolute Gasteiger partial charge is 0.406 e. The van der Waals surface area contributed by atoms with Gasteiger partial charge in [0.15, 0.2) is 5.13 Å². The van der Waals surface area contributed by atoms with Gasteiger partial charge in [-0.05, 0) is 25.1 Å². The van der Waals surface area contributed by atoms with Crippen LogP contribution in [0.5, 0.6) is 0 Å². The Kier molecular flexibility index (Phi) is 4.74. The van der Waals surface area contributed by atoms with Crippen LogP contribution in [0.15, 0.2) is 28.5 Å². The van der Waals surface area contributed by atoms with E-state index in [0.29, 0.717) is 16.3 Å². The number of amides is 2. The number of alkyl halides is 3. The Labute approximate surface area is 149 Å². The number of hydrogen-bond donors (Lipinski definition) is 1.